The molecule has 3 nitrogen and oxygen atoms in total. The van der Waals surface area contributed by atoms with E-state index in [9.17, 15) is 4.79 Å². The number of carbonyl (C=O) groups excluding carboxylic acids is 1. The van der Waals surface area contributed by atoms with Crippen molar-refractivity contribution in [1.29, 1.82) is 0 Å². The van der Waals surface area contributed by atoms with Crippen molar-refractivity contribution in [3.8, 4) is 0 Å². The summed E-state index contributed by atoms with van der Waals surface area (Å²) in [4.78, 5) is 12.1. The number of nitrogens with one attached hydrogen (secondary N) is 1. The maximum atomic E-state index is 12.1. The van der Waals surface area contributed by atoms with Crippen LogP contribution in [0.4, 0.5) is 0 Å². The Morgan fingerprint density at radius 2 is 1.76 bits per heavy atom. The molecule has 1 aromatic carbocycles. The first kappa shape index (κ1) is 19.9. The summed E-state index contributed by atoms with van der Waals surface area (Å²) in [6.45, 7) is 9.07. The number of nitrogens with two attached hydrogens (primary N) is 1. The SMILES string of the molecule is CCC(C)C(N)C(=O)NCC(c1ccccc1)C(C)C.Cl. The van der Waals surface area contributed by atoms with E-state index in [0.717, 1.165) is 6.42 Å². The summed E-state index contributed by atoms with van der Waals surface area (Å²) in [6, 6.07) is 9.91. The van der Waals surface area contributed by atoms with Crippen molar-refractivity contribution >= 4 is 18.3 Å². The van der Waals surface area contributed by atoms with Gasteiger partial charge in [0.1, 0.15) is 0 Å². The molecule has 0 aliphatic heterocycles. The Morgan fingerprint density at radius 3 is 2.24 bits per heavy atom. The summed E-state index contributed by atoms with van der Waals surface area (Å²) in [5.41, 5.74) is 7.22. The zero-order chi connectivity index (χ0) is 15.1. The van der Waals surface area contributed by atoms with Gasteiger partial charge >= 0.3 is 0 Å². The van der Waals surface area contributed by atoms with Gasteiger partial charge in [-0.3, -0.25) is 4.79 Å². The molecule has 3 unspecified atom stereocenters. The van der Waals surface area contributed by atoms with Gasteiger partial charge in [0.2, 0.25) is 5.91 Å². The van der Waals surface area contributed by atoms with E-state index in [-0.39, 0.29) is 24.2 Å². The van der Waals surface area contributed by atoms with E-state index in [4.69, 9.17) is 5.73 Å². The van der Waals surface area contributed by atoms with Crippen LogP contribution in [-0.2, 0) is 4.79 Å². The number of benzene rings is 1. The van der Waals surface area contributed by atoms with Crippen molar-refractivity contribution in [2.75, 3.05) is 6.54 Å². The lowest BCUT2D eigenvalue weighted by molar-refractivity contribution is -0.123. The van der Waals surface area contributed by atoms with Gasteiger partial charge in [0.15, 0.2) is 0 Å². The maximum absolute atomic E-state index is 12.1. The normalized spacial score (nSPS) is 15.0. The third-order valence-electron chi connectivity index (χ3n) is 4.09. The quantitative estimate of drug-likeness (QED) is 0.811. The molecule has 0 saturated carbocycles. The molecular formula is C17H29ClN2O. The van der Waals surface area contributed by atoms with Gasteiger partial charge < -0.3 is 11.1 Å². The second kappa shape index (κ2) is 9.80. The molecule has 21 heavy (non-hydrogen) atoms. The summed E-state index contributed by atoms with van der Waals surface area (Å²) < 4.78 is 0. The van der Waals surface area contributed by atoms with Crippen molar-refractivity contribution in [2.24, 2.45) is 17.6 Å². The number of hydrogen-bond acceptors (Lipinski definition) is 2. The minimum atomic E-state index is -0.413. The molecule has 3 N–H and O–H groups in total. The lowest BCUT2D eigenvalue weighted by atomic mass is 9.88. The smallest absolute Gasteiger partial charge is 0.237 e. The minimum Gasteiger partial charge on any atom is -0.354 e. The molecule has 1 rings (SSSR count). The Labute approximate surface area is 135 Å². The van der Waals surface area contributed by atoms with E-state index in [1.165, 1.54) is 5.56 Å². The van der Waals surface area contributed by atoms with Gasteiger partial charge in [-0.2, -0.15) is 0 Å². The van der Waals surface area contributed by atoms with Crippen LogP contribution < -0.4 is 11.1 Å². The fraction of sp³-hybridized carbons (Fsp3) is 0.588. The minimum absolute atomic E-state index is 0. The molecular weight excluding hydrogens is 284 g/mol. The first-order valence-electron chi connectivity index (χ1n) is 7.55. The molecule has 0 bridgehead atoms. The van der Waals surface area contributed by atoms with E-state index in [2.05, 4.69) is 38.2 Å². The highest BCUT2D eigenvalue weighted by molar-refractivity contribution is 5.85. The molecule has 0 spiro atoms. The zero-order valence-corrected chi connectivity index (χ0v) is 14.3. The van der Waals surface area contributed by atoms with Gasteiger partial charge in [-0.25, -0.2) is 0 Å². The largest absolute Gasteiger partial charge is 0.354 e. The van der Waals surface area contributed by atoms with Crippen molar-refractivity contribution in [3.05, 3.63) is 35.9 Å². The first-order valence-corrected chi connectivity index (χ1v) is 7.55. The molecule has 1 aromatic rings. The Kier molecular flexibility index (Phi) is 9.31. The number of hydrogen-bond donors (Lipinski definition) is 2. The third-order valence-corrected chi connectivity index (χ3v) is 4.09. The fourth-order valence-corrected chi connectivity index (χ4v) is 2.28. The molecule has 0 fully saturated rings. The third kappa shape index (κ3) is 6.06. The molecule has 0 aliphatic rings. The van der Waals surface area contributed by atoms with Crippen LogP contribution in [0.25, 0.3) is 0 Å². The van der Waals surface area contributed by atoms with Gasteiger partial charge in [-0.15, -0.1) is 12.4 Å². The van der Waals surface area contributed by atoms with Crippen LogP contribution in [0.1, 0.15) is 45.6 Å². The molecule has 0 radical (unpaired) electrons. The topological polar surface area (TPSA) is 55.1 Å². The highest BCUT2D eigenvalue weighted by Gasteiger charge is 2.22. The molecule has 0 heterocycles. The van der Waals surface area contributed by atoms with Crippen LogP contribution in [0, 0.1) is 11.8 Å². The van der Waals surface area contributed by atoms with E-state index >= 15 is 0 Å². The summed E-state index contributed by atoms with van der Waals surface area (Å²) >= 11 is 0. The number of carbonyl (C=O) groups is 1. The fourth-order valence-electron chi connectivity index (χ4n) is 2.28. The van der Waals surface area contributed by atoms with Gasteiger partial charge in [0.25, 0.3) is 0 Å². The predicted molar refractivity (Wildman–Crippen MR) is 91.7 cm³/mol. The maximum Gasteiger partial charge on any atom is 0.237 e. The Hall–Kier alpha value is -1.06. The van der Waals surface area contributed by atoms with E-state index in [1.54, 1.807) is 0 Å². The molecule has 3 atom stereocenters. The van der Waals surface area contributed by atoms with Crippen LogP contribution >= 0.6 is 12.4 Å². The average molecular weight is 313 g/mol. The van der Waals surface area contributed by atoms with Crippen molar-refractivity contribution in [1.82, 2.24) is 5.32 Å². The van der Waals surface area contributed by atoms with E-state index in [0.29, 0.717) is 18.4 Å². The number of amides is 1. The lowest BCUT2D eigenvalue weighted by Crippen LogP contribution is -2.46. The van der Waals surface area contributed by atoms with Gasteiger partial charge in [-0.1, -0.05) is 64.4 Å². The van der Waals surface area contributed by atoms with Crippen LogP contribution in [0.5, 0.6) is 0 Å². The molecule has 0 aliphatic carbocycles. The standard InChI is InChI=1S/C17H28N2O.ClH/c1-5-13(4)16(18)17(20)19-11-15(12(2)3)14-9-7-6-8-10-14;/h6-10,12-13,15-16H,5,11,18H2,1-4H3,(H,19,20);1H. The summed E-state index contributed by atoms with van der Waals surface area (Å²) in [7, 11) is 0. The predicted octanol–water partition coefficient (Wildman–Crippen LogP) is 3.34. The summed E-state index contributed by atoms with van der Waals surface area (Å²) in [6.07, 6.45) is 0.918. The Bertz CT molecular complexity index is 409. The van der Waals surface area contributed by atoms with E-state index < -0.39 is 6.04 Å². The molecule has 4 heteroatoms. The first-order chi connectivity index (χ1) is 9.47. The molecule has 1 amide bonds. The molecule has 120 valence electrons. The molecule has 0 aromatic heterocycles. The monoisotopic (exact) mass is 312 g/mol. The molecule has 0 saturated heterocycles. The van der Waals surface area contributed by atoms with Gasteiger partial charge in [0.05, 0.1) is 6.04 Å². The zero-order valence-electron chi connectivity index (χ0n) is 13.5. The lowest BCUT2D eigenvalue weighted by Gasteiger charge is -2.24. The van der Waals surface area contributed by atoms with E-state index in [1.807, 2.05) is 25.1 Å². The summed E-state index contributed by atoms with van der Waals surface area (Å²) in [5, 5.41) is 3.01. The van der Waals surface area contributed by atoms with Crippen molar-refractivity contribution in [3.63, 3.8) is 0 Å². The number of rotatable bonds is 7. The average Bonchev–Trinajstić information content (AvgIpc) is 2.46. The Morgan fingerprint density at radius 1 is 1.19 bits per heavy atom. The Balaban J connectivity index is 0.00000400. The summed E-state index contributed by atoms with van der Waals surface area (Å²) in [5.74, 6) is 0.965. The van der Waals surface area contributed by atoms with Crippen molar-refractivity contribution < 1.29 is 4.79 Å². The van der Waals surface area contributed by atoms with Crippen molar-refractivity contribution in [2.45, 2.75) is 46.1 Å². The van der Waals surface area contributed by atoms with Crippen LogP contribution in [0.15, 0.2) is 30.3 Å². The van der Waals surface area contributed by atoms with Crippen LogP contribution in [-0.4, -0.2) is 18.5 Å². The highest BCUT2D eigenvalue weighted by Crippen LogP contribution is 2.23. The van der Waals surface area contributed by atoms with Crippen LogP contribution in [0.3, 0.4) is 0 Å². The van der Waals surface area contributed by atoms with Gasteiger partial charge in [-0.05, 0) is 17.4 Å². The number of halogens is 1. The van der Waals surface area contributed by atoms with Gasteiger partial charge in [0, 0.05) is 12.5 Å². The highest BCUT2D eigenvalue weighted by atomic mass is 35.5. The second-order valence-corrected chi connectivity index (χ2v) is 5.92. The second-order valence-electron chi connectivity index (χ2n) is 5.92. The van der Waals surface area contributed by atoms with Crippen LogP contribution in [0.2, 0.25) is 0 Å².